The summed E-state index contributed by atoms with van der Waals surface area (Å²) in [7, 11) is 2.91. The van der Waals surface area contributed by atoms with Crippen molar-refractivity contribution in [2.75, 3.05) is 14.2 Å². The van der Waals surface area contributed by atoms with Crippen LogP contribution in [0.5, 0.6) is 17.2 Å². The van der Waals surface area contributed by atoms with Crippen molar-refractivity contribution in [2.45, 2.75) is 53.4 Å². The molecule has 0 radical (unpaired) electrons. The fraction of sp³-hybridized carbons (Fsp3) is 0.344. The molecule has 1 aliphatic carbocycles. The van der Waals surface area contributed by atoms with Crippen LogP contribution in [0.4, 0.5) is 0 Å². The summed E-state index contributed by atoms with van der Waals surface area (Å²) in [6, 6.07) is 12.4. The number of carbonyl (C=O) groups excluding carboxylic acids is 1. The Hall–Kier alpha value is -3.53. The molecule has 0 saturated heterocycles. The SMILES string of the molecule is CC1=CCCC(C)=CCC(C)(C)C=CC1.COc1cc(O)c(C(=O)C=Cc2ccccc2)c(OC)c1. The highest BCUT2D eigenvalue weighted by Gasteiger charge is 2.17. The summed E-state index contributed by atoms with van der Waals surface area (Å²) >= 11 is 0. The number of ether oxygens (including phenoxy) is 2. The van der Waals surface area contributed by atoms with E-state index >= 15 is 0 Å². The fourth-order valence-electron chi connectivity index (χ4n) is 3.72. The molecule has 2 aromatic carbocycles. The van der Waals surface area contributed by atoms with E-state index in [1.54, 1.807) is 12.1 Å². The summed E-state index contributed by atoms with van der Waals surface area (Å²) in [6.07, 6.45) is 17.2. The number of ketones is 1. The second-order valence-electron chi connectivity index (χ2n) is 9.77. The molecule has 4 nitrogen and oxygen atoms in total. The van der Waals surface area contributed by atoms with Gasteiger partial charge in [0, 0.05) is 12.1 Å². The van der Waals surface area contributed by atoms with Crippen molar-refractivity contribution in [3.05, 3.63) is 95.1 Å². The Morgan fingerprint density at radius 2 is 1.72 bits per heavy atom. The van der Waals surface area contributed by atoms with Crippen molar-refractivity contribution in [3.63, 3.8) is 0 Å². The third-order valence-corrected chi connectivity index (χ3v) is 6.00. The average Bonchev–Trinajstić information content (AvgIpc) is 2.88. The van der Waals surface area contributed by atoms with E-state index in [-0.39, 0.29) is 22.8 Å². The Morgan fingerprint density at radius 3 is 2.39 bits per heavy atom. The highest BCUT2D eigenvalue weighted by Crippen LogP contribution is 2.34. The van der Waals surface area contributed by atoms with E-state index in [1.807, 2.05) is 30.3 Å². The lowest BCUT2D eigenvalue weighted by molar-refractivity contribution is 0.104. The number of benzene rings is 2. The maximum Gasteiger partial charge on any atom is 0.193 e. The molecule has 1 aliphatic rings. The monoisotopic (exact) mass is 488 g/mol. The molecule has 0 aromatic heterocycles. The molecular formula is C32H40O4. The van der Waals surface area contributed by atoms with Gasteiger partial charge >= 0.3 is 0 Å². The Bertz CT molecular complexity index is 1120. The van der Waals surface area contributed by atoms with Crippen LogP contribution in [0, 0.1) is 5.41 Å². The maximum atomic E-state index is 12.3. The molecule has 0 fully saturated rings. The van der Waals surface area contributed by atoms with Crippen molar-refractivity contribution >= 4 is 11.9 Å². The summed E-state index contributed by atoms with van der Waals surface area (Å²) in [6.45, 7) is 9.10. The van der Waals surface area contributed by atoms with Crippen LogP contribution in [-0.2, 0) is 0 Å². The molecule has 0 unspecified atom stereocenters. The topological polar surface area (TPSA) is 55.8 Å². The highest BCUT2D eigenvalue weighted by atomic mass is 16.5. The van der Waals surface area contributed by atoms with E-state index in [0.29, 0.717) is 11.2 Å². The highest BCUT2D eigenvalue weighted by molar-refractivity contribution is 6.10. The van der Waals surface area contributed by atoms with Crippen LogP contribution in [0.15, 0.2) is 84.0 Å². The smallest absolute Gasteiger partial charge is 0.193 e. The first kappa shape index (κ1) is 28.7. The van der Waals surface area contributed by atoms with E-state index in [4.69, 9.17) is 9.47 Å². The molecule has 4 heteroatoms. The van der Waals surface area contributed by atoms with E-state index in [1.165, 1.54) is 50.3 Å². The first-order valence-corrected chi connectivity index (χ1v) is 12.4. The van der Waals surface area contributed by atoms with Gasteiger partial charge in [-0.05, 0) is 56.6 Å². The van der Waals surface area contributed by atoms with Crippen molar-refractivity contribution in [1.29, 1.82) is 0 Å². The summed E-state index contributed by atoms with van der Waals surface area (Å²) < 4.78 is 10.2. The first-order chi connectivity index (χ1) is 17.1. The minimum absolute atomic E-state index is 0.116. The lowest BCUT2D eigenvalue weighted by Crippen LogP contribution is -2.05. The molecule has 1 N–H and O–H groups in total. The second-order valence-corrected chi connectivity index (χ2v) is 9.77. The number of phenolic OH excluding ortho intramolecular Hbond substituents is 1. The van der Waals surface area contributed by atoms with Gasteiger partial charge in [0.05, 0.1) is 14.2 Å². The van der Waals surface area contributed by atoms with E-state index in [9.17, 15) is 9.90 Å². The van der Waals surface area contributed by atoms with E-state index in [2.05, 4.69) is 52.0 Å². The summed E-state index contributed by atoms with van der Waals surface area (Å²) in [5.74, 6) is 0.187. The van der Waals surface area contributed by atoms with Gasteiger partial charge < -0.3 is 14.6 Å². The number of hydrogen-bond donors (Lipinski definition) is 1. The molecule has 36 heavy (non-hydrogen) atoms. The number of rotatable bonds is 5. The number of hydrogen-bond acceptors (Lipinski definition) is 4. The van der Waals surface area contributed by atoms with Crippen LogP contribution in [0.2, 0.25) is 0 Å². The predicted octanol–water partition coefficient (Wildman–Crippen LogP) is 8.34. The van der Waals surface area contributed by atoms with Gasteiger partial charge in [0.25, 0.3) is 0 Å². The number of aromatic hydroxyl groups is 1. The van der Waals surface area contributed by atoms with Gasteiger partial charge in [-0.2, -0.15) is 0 Å². The Morgan fingerprint density at radius 1 is 1.00 bits per heavy atom. The normalized spacial score (nSPS) is 15.6. The minimum Gasteiger partial charge on any atom is -0.507 e. The zero-order chi connectivity index (χ0) is 26.6. The zero-order valence-electron chi connectivity index (χ0n) is 22.5. The zero-order valence-corrected chi connectivity index (χ0v) is 22.5. The number of methoxy groups -OCH3 is 2. The lowest BCUT2D eigenvalue weighted by atomic mass is 9.87. The quantitative estimate of drug-likeness (QED) is 0.261. The van der Waals surface area contributed by atoms with Gasteiger partial charge in [0.2, 0.25) is 0 Å². The second kappa shape index (κ2) is 14.1. The van der Waals surface area contributed by atoms with Gasteiger partial charge in [-0.15, -0.1) is 0 Å². The molecule has 0 aliphatic heterocycles. The standard InChI is InChI=1S/C17H16O4.C15H24/c1-20-13-10-15(19)17(16(11-13)21-2)14(18)9-8-12-6-4-3-5-7-12;1-13-7-5-8-14(2)10-12-15(3,4)11-6-9-13/h3-11,19H,1-2H3;6-7,10-11H,5,8-9,12H2,1-4H3. The number of carbonyl (C=O) groups is 1. The maximum absolute atomic E-state index is 12.3. The van der Waals surface area contributed by atoms with Crippen LogP contribution >= 0.6 is 0 Å². The Balaban J connectivity index is 0.000000269. The third-order valence-electron chi connectivity index (χ3n) is 6.00. The first-order valence-electron chi connectivity index (χ1n) is 12.4. The summed E-state index contributed by atoms with van der Waals surface area (Å²) in [5.41, 5.74) is 4.36. The molecule has 3 rings (SSSR count). The third kappa shape index (κ3) is 9.61. The van der Waals surface area contributed by atoms with Gasteiger partial charge in [0.15, 0.2) is 5.78 Å². The van der Waals surface area contributed by atoms with Crippen LogP contribution in [0.1, 0.15) is 69.3 Å². The Kier molecular flexibility index (Phi) is 11.3. The van der Waals surface area contributed by atoms with E-state index < -0.39 is 0 Å². The van der Waals surface area contributed by atoms with Crippen molar-refractivity contribution < 1.29 is 19.4 Å². The average molecular weight is 489 g/mol. The van der Waals surface area contributed by atoms with Crippen molar-refractivity contribution in [3.8, 4) is 17.2 Å². The lowest BCUT2D eigenvalue weighted by Gasteiger charge is -2.18. The van der Waals surface area contributed by atoms with Gasteiger partial charge in [-0.25, -0.2) is 0 Å². The fourth-order valence-corrected chi connectivity index (χ4v) is 3.72. The van der Waals surface area contributed by atoms with Crippen LogP contribution in [0.25, 0.3) is 6.08 Å². The molecule has 0 heterocycles. The summed E-state index contributed by atoms with van der Waals surface area (Å²) in [5, 5.41) is 9.99. The van der Waals surface area contributed by atoms with Crippen molar-refractivity contribution in [2.24, 2.45) is 5.41 Å². The minimum atomic E-state index is -0.337. The van der Waals surface area contributed by atoms with Crippen LogP contribution < -0.4 is 9.47 Å². The molecule has 0 saturated carbocycles. The molecule has 0 amide bonds. The van der Waals surface area contributed by atoms with E-state index in [0.717, 1.165) is 18.4 Å². The number of phenols is 1. The van der Waals surface area contributed by atoms with Gasteiger partial charge in [0.1, 0.15) is 22.8 Å². The molecular weight excluding hydrogens is 448 g/mol. The van der Waals surface area contributed by atoms with Crippen LogP contribution in [-0.4, -0.2) is 25.1 Å². The molecule has 0 bridgehead atoms. The van der Waals surface area contributed by atoms with Crippen LogP contribution in [0.3, 0.4) is 0 Å². The Labute approximate surface area is 216 Å². The molecule has 0 spiro atoms. The molecule has 192 valence electrons. The predicted molar refractivity (Wildman–Crippen MR) is 150 cm³/mol. The molecule has 2 aromatic rings. The van der Waals surface area contributed by atoms with Crippen molar-refractivity contribution in [1.82, 2.24) is 0 Å². The largest absolute Gasteiger partial charge is 0.507 e. The molecule has 0 atom stereocenters. The number of allylic oxidation sites excluding steroid dienone is 7. The van der Waals surface area contributed by atoms with Gasteiger partial charge in [-0.1, -0.05) is 85.7 Å². The van der Waals surface area contributed by atoms with Gasteiger partial charge in [-0.3, -0.25) is 4.79 Å². The summed E-state index contributed by atoms with van der Waals surface area (Å²) in [4.78, 5) is 12.3.